The van der Waals surface area contributed by atoms with Crippen LogP contribution in [0.15, 0.2) is 16.6 Å². The molecular weight excluding hydrogens is 274 g/mol. The van der Waals surface area contributed by atoms with Crippen molar-refractivity contribution in [3.63, 3.8) is 0 Å². The number of rotatable bonds is 2. The van der Waals surface area contributed by atoms with Crippen LogP contribution >= 0.6 is 15.9 Å². The van der Waals surface area contributed by atoms with Crippen molar-refractivity contribution in [2.24, 2.45) is 0 Å². The number of carboxylic acid groups (broad SMARTS) is 1. The molecule has 1 aromatic carbocycles. The molecule has 0 aliphatic rings. The average molecular weight is 284 g/mol. The monoisotopic (exact) mass is 283 g/mol. The lowest BCUT2D eigenvalue weighted by Gasteiger charge is -2.05. The highest BCUT2D eigenvalue weighted by molar-refractivity contribution is 9.10. The first-order chi connectivity index (χ1) is 7.56. The molecule has 0 saturated carbocycles. The van der Waals surface area contributed by atoms with Crippen molar-refractivity contribution in [1.82, 2.24) is 4.98 Å². The van der Waals surface area contributed by atoms with E-state index in [2.05, 4.69) is 20.9 Å². The van der Waals surface area contributed by atoms with Crippen LogP contribution in [0.5, 0.6) is 5.75 Å². The molecule has 0 unspecified atom stereocenters. The molecule has 0 fully saturated rings. The van der Waals surface area contributed by atoms with Crippen molar-refractivity contribution in [1.29, 1.82) is 0 Å². The van der Waals surface area contributed by atoms with Crippen LogP contribution in [0.25, 0.3) is 10.9 Å². The maximum absolute atomic E-state index is 11.0. The van der Waals surface area contributed by atoms with Gasteiger partial charge in [-0.1, -0.05) is 0 Å². The molecule has 1 heterocycles. The van der Waals surface area contributed by atoms with Gasteiger partial charge in [0.05, 0.1) is 17.1 Å². The topological polar surface area (TPSA) is 62.3 Å². The Balaban J connectivity index is 2.87. The molecule has 84 valence electrons. The lowest BCUT2D eigenvalue weighted by molar-refractivity contribution is 0.0691. The molecule has 2 aromatic rings. The van der Waals surface area contributed by atoms with Crippen LogP contribution in [0.3, 0.4) is 0 Å². The van der Waals surface area contributed by atoms with Crippen LogP contribution < -0.4 is 4.74 Å². The fourth-order valence-electron chi connectivity index (χ4n) is 1.80. The van der Waals surface area contributed by atoms with E-state index < -0.39 is 5.97 Å². The van der Waals surface area contributed by atoms with Gasteiger partial charge in [0.25, 0.3) is 0 Å². The quantitative estimate of drug-likeness (QED) is 0.891. The summed E-state index contributed by atoms with van der Waals surface area (Å²) in [4.78, 5) is 13.9. The second-order valence-electron chi connectivity index (χ2n) is 3.43. The highest BCUT2D eigenvalue weighted by atomic mass is 79.9. The molecule has 2 rings (SSSR count). The number of H-pyrrole nitrogens is 1. The molecule has 4 nitrogen and oxygen atoms in total. The fourth-order valence-corrected chi connectivity index (χ4v) is 2.29. The van der Waals surface area contributed by atoms with Crippen molar-refractivity contribution >= 4 is 32.8 Å². The molecular formula is C11H10BrNO3. The lowest BCUT2D eigenvalue weighted by Crippen LogP contribution is -1.98. The van der Waals surface area contributed by atoms with Gasteiger partial charge in [0.2, 0.25) is 0 Å². The molecule has 16 heavy (non-hydrogen) atoms. The first-order valence-corrected chi connectivity index (χ1v) is 5.43. The number of hydrogen-bond donors (Lipinski definition) is 2. The van der Waals surface area contributed by atoms with Gasteiger partial charge < -0.3 is 14.8 Å². The number of aromatic carboxylic acids is 1. The maximum atomic E-state index is 11.0. The van der Waals surface area contributed by atoms with Crippen LogP contribution in [0.1, 0.15) is 16.1 Å². The van der Waals surface area contributed by atoms with Crippen molar-refractivity contribution in [3.8, 4) is 5.75 Å². The summed E-state index contributed by atoms with van der Waals surface area (Å²) in [6.45, 7) is 1.76. The third-order valence-corrected chi connectivity index (χ3v) is 3.16. The predicted molar refractivity (Wildman–Crippen MR) is 64.2 cm³/mol. The number of carbonyl (C=O) groups is 1. The summed E-state index contributed by atoms with van der Waals surface area (Å²) in [5.74, 6) is -0.314. The molecule has 0 bridgehead atoms. The van der Waals surface area contributed by atoms with E-state index in [-0.39, 0.29) is 5.69 Å². The van der Waals surface area contributed by atoms with Gasteiger partial charge in [0.15, 0.2) is 0 Å². The van der Waals surface area contributed by atoms with Crippen LogP contribution in [-0.4, -0.2) is 23.2 Å². The van der Waals surface area contributed by atoms with Crippen molar-refractivity contribution < 1.29 is 14.6 Å². The van der Waals surface area contributed by atoms with Crippen molar-refractivity contribution in [2.45, 2.75) is 6.92 Å². The molecule has 0 spiro atoms. The smallest absolute Gasteiger partial charge is 0.352 e. The van der Waals surface area contributed by atoms with Gasteiger partial charge in [-0.3, -0.25) is 0 Å². The number of halogens is 1. The molecule has 1 aromatic heterocycles. The van der Waals surface area contributed by atoms with Gasteiger partial charge in [0, 0.05) is 5.39 Å². The SMILES string of the molecule is COc1c(Br)ccc2[nH]c(C(=O)O)c(C)c12. The number of aromatic amines is 1. The summed E-state index contributed by atoms with van der Waals surface area (Å²) in [5.41, 5.74) is 1.64. The zero-order valence-corrected chi connectivity index (χ0v) is 10.4. The van der Waals surface area contributed by atoms with Crippen LogP contribution in [0, 0.1) is 6.92 Å². The Bertz CT molecular complexity index is 574. The molecule has 0 amide bonds. The van der Waals surface area contributed by atoms with E-state index in [9.17, 15) is 4.79 Å². The Kier molecular flexibility index (Phi) is 2.63. The molecule has 5 heteroatoms. The Morgan fingerprint density at radius 1 is 1.50 bits per heavy atom. The molecule has 0 aliphatic heterocycles. The lowest BCUT2D eigenvalue weighted by atomic mass is 10.1. The number of ether oxygens (including phenoxy) is 1. The third-order valence-electron chi connectivity index (χ3n) is 2.54. The summed E-state index contributed by atoms with van der Waals surface area (Å²) in [5, 5.41) is 9.82. The number of benzene rings is 1. The summed E-state index contributed by atoms with van der Waals surface area (Å²) in [6.07, 6.45) is 0. The highest BCUT2D eigenvalue weighted by Crippen LogP contribution is 2.36. The zero-order valence-electron chi connectivity index (χ0n) is 8.80. The van der Waals surface area contributed by atoms with Crippen LogP contribution in [0.4, 0.5) is 0 Å². The Morgan fingerprint density at radius 3 is 2.75 bits per heavy atom. The highest BCUT2D eigenvalue weighted by Gasteiger charge is 2.17. The Morgan fingerprint density at radius 2 is 2.19 bits per heavy atom. The number of aromatic nitrogens is 1. The second-order valence-corrected chi connectivity index (χ2v) is 4.29. The maximum Gasteiger partial charge on any atom is 0.352 e. The predicted octanol–water partition coefficient (Wildman–Crippen LogP) is 2.95. The summed E-state index contributed by atoms with van der Waals surface area (Å²) in [7, 11) is 1.56. The van der Waals surface area contributed by atoms with E-state index in [4.69, 9.17) is 9.84 Å². The first kappa shape index (κ1) is 11.0. The first-order valence-electron chi connectivity index (χ1n) is 4.64. The van der Waals surface area contributed by atoms with Gasteiger partial charge in [-0.05, 0) is 40.5 Å². The fraction of sp³-hybridized carbons (Fsp3) is 0.182. The van der Waals surface area contributed by atoms with Crippen LogP contribution in [0.2, 0.25) is 0 Å². The van der Waals surface area contributed by atoms with Crippen LogP contribution in [-0.2, 0) is 0 Å². The van der Waals surface area contributed by atoms with E-state index in [1.54, 1.807) is 14.0 Å². The van der Waals surface area contributed by atoms with Crippen molar-refractivity contribution in [3.05, 3.63) is 27.9 Å². The number of carboxylic acids is 1. The van der Waals surface area contributed by atoms with E-state index in [0.29, 0.717) is 11.3 Å². The second kappa shape index (κ2) is 3.83. The van der Waals surface area contributed by atoms with Gasteiger partial charge in [-0.25, -0.2) is 4.79 Å². The molecule has 0 atom stereocenters. The summed E-state index contributed by atoms with van der Waals surface area (Å²) < 4.78 is 6.08. The van der Waals surface area contributed by atoms with Gasteiger partial charge >= 0.3 is 5.97 Å². The van der Waals surface area contributed by atoms with Gasteiger partial charge in [-0.15, -0.1) is 0 Å². The average Bonchev–Trinajstić information content (AvgIpc) is 2.57. The normalized spacial score (nSPS) is 10.7. The molecule has 0 saturated heterocycles. The molecule has 2 N–H and O–H groups in total. The Hall–Kier alpha value is -1.49. The number of aryl methyl sites for hydroxylation is 1. The summed E-state index contributed by atoms with van der Waals surface area (Å²) in [6, 6.07) is 3.64. The number of methoxy groups -OCH3 is 1. The van der Waals surface area contributed by atoms with E-state index >= 15 is 0 Å². The van der Waals surface area contributed by atoms with Gasteiger partial charge in [0.1, 0.15) is 11.4 Å². The minimum Gasteiger partial charge on any atom is -0.495 e. The number of fused-ring (bicyclic) bond motifs is 1. The minimum absolute atomic E-state index is 0.200. The van der Waals surface area contributed by atoms with E-state index in [0.717, 1.165) is 15.4 Å². The zero-order chi connectivity index (χ0) is 11.9. The number of hydrogen-bond acceptors (Lipinski definition) is 2. The summed E-state index contributed by atoms with van der Waals surface area (Å²) >= 11 is 3.37. The van der Waals surface area contributed by atoms with E-state index in [1.807, 2.05) is 12.1 Å². The minimum atomic E-state index is -0.966. The standard InChI is InChI=1S/C11H10BrNO3/c1-5-8-7(13-9(5)11(14)15)4-3-6(12)10(8)16-2/h3-4,13H,1-2H3,(H,14,15). The molecule has 0 aliphatic carbocycles. The molecule has 0 radical (unpaired) electrons. The van der Waals surface area contributed by atoms with Crippen molar-refractivity contribution in [2.75, 3.05) is 7.11 Å². The third kappa shape index (κ3) is 1.48. The number of nitrogens with one attached hydrogen (secondary N) is 1. The van der Waals surface area contributed by atoms with Gasteiger partial charge in [-0.2, -0.15) is 0 Å². The Labute approximate surface area is 100 Å². The van der Waals surface area contributed by atoms with E-state index in [1.165, 1.54) is 0 Å². The largest absolute Gasteiger partial charge is 0.495 e.